The first-order valence-corrected chi connectivity index (χ1v) is 7.57. The van der Waals surface area contributed by atoms with Gasteiger partial charge in [0.15, 0.2) is 5.13 Å². The van der Waals surface area contributed by atoms with Crippen molar-refractivity contribution in [2.75, 3.05) is 32.7 Å². The van der Waals surface area contributed by atoms with E-state index in [0.29, 0.717) is 12.4 Å². The maximum atomic E-state index is 9.56. The zero-order valence-electron chi connectivity index (χ0n) is 12.5. The van der Waals surface area contributed by atoms with Crippen LogP contribution in [0.3, 0.4) is 0 Å². The molecule has 114 valence electrons. The highest BCUT2D eigenvalue weighted by atomic mass is 32.1. The minimum absolute atomic E-state index is 0.0473. The molecule has 1 aromatic carbocycles. The van der Waals surface area contributed by atoms with Crippen LogP contribution in [0.1, 0.15) is 16.5 Å². The van der Waals surface area contributed by atoms with Gasteiger partial charge in [0, 0.05) is 20.6 Å². The predicted molar refractivity (Wildman–Crippen MR) is 86.1 cm³/mol. The summed E-state index contributed by atoms with van der Waals surface area (Å²) in [4.78, 5) is 7.40. The molecular formula is C15H21N3O2S. The number of thiazole rings is 1. The van der Waals surface area contributed by atoms with Crippen molar-refractivity contribution in [2.45, 2.75) is 12.6 Å². The van der Waals surface area contributed by atoms with Gasteiger partial charge in [-0.3, -0.25) is 0 Å². The first-order chi connectivity index (χ1) is 10.2. The number of methoxy groups -OCH3 is 1. The first-order valence-electron chi connectivity index (χ1n) is 6.76. The van der Waals surface area contributed by atoms with Crippen molar-refractivity contribution in [3.63, 3.8) is 0 Å². The van der Waals surface area contributed by atoms with Gasteiger partial charge in [0.25, 0.3) is 0 Å². The lowest BCUT2D eigenvalue weighted by molar-refractivity contribution is 0.243. The van der Waals surface area contributed by atoms with Crippen LogP contribution >= 0.6 is 11.3 Å². The van der Waals surface area contributed by atoms with Gasteiger partial charge in [-0.15, -0.1) is 0 Å². The number of rotatable bonds is 7. The Bertz CT molecular complexity index is 557. The first kappa shape index (κ1) is 15.8. The topological polar surface area (TPSA) is 57.6 Å². The normalized spacial score (nSPS) is 12.2. The quantitative estimate of drug-likeness (QED) is 0.820. The van der Waals surface area contributed by atoms with E-state index in [-0.39, 0.29) is 12.6 Å². The molecule has 0 unspecified atom stereocenters. The summed E-state index contributed by atoms with van der Waals surface area (Å²) < 4.78 is 5.32. The van der Waals surface area contributed by atoms with Crippen LogP contribution in [0, 0.1) is 0 Å². The highest BCUT2D eigenvalue weighted by molar-refractivity contribution is 7.15. The van der Waals surface area contributed by atoms with Crippen molar-refractivity contribution < 1.29 is 9.84 Å². The van der Waals surface area contributed by atoms with Crippen molar-refractivity contribution in [1.82, 2.24) is 10.3 Å². The van der Waals surface area contributed by atoms with E-state index < -0.39 is 0 Å². The van der Waals surface area contributed by atoms with E-state index in [1.54, 1.807) is 18.4 Å². The van der Waals surface area contributed by atoms with Gasteiger partial charge in [-0.2, -0.15) is 4.98 Å². The SMILES string of the molecule is COc1nc(N(C)C)sc1CN[C@H](CO)c1ccccc1. The summed E-state index contributed by atoms with van der Waals surface area (Å²) in [5.41, 5.74) is 1.07. The number of hydrogen-bond acceptors (Lipinski definition) is 6. The van der Waals surface area contributed by atoms with Gasteiger partial charge in [0.05, 0.1) is 24.6 Å². The summed E-state index contributed by atoms with van der Waals surface area (Å²) in [6, 6.07) is 9.81. The van der Waals surface area contributed by atoms with Gasteiger partial charge in [-0.05, 0) is 5.56 Å². The van der Waals surface area contributed by atoms with Gasteiger partial charge in [-0.25, -0.2) is 0 Å². The van der Waals surface area contributed by atoms with Gasteiger partial charge in [-0.1, -0.05) is 41.7 Å². The number of ether oxygens (including phenoxy) is 1. The second-order valence-corrected chi connectivity index (χ2v) is 5.91. The molecule has 2 N–H and O–H groups in total. The van der Waals surface area contributed by atoms with Crippen LogP contribution in [0.5, 0.6) is 5.88 Å². The number of anilines is 1. The summed E-state index contributed by atoms with van der Waals surface area (Å²) >= 11 is 1.59. The van der Waals surface area contributed by atoms with E-state index in [2.05, 4.69) is 10.3 Å². The zero-order valence-corrected chi connectivity index (χ0v) is 13.4. The molecule has 0 fully saturated rings. The summed E-state index contributed by atoms with van der Waals surface area (Å²) in [6.07, 6.45) is 0. The molecule has 0 saturated carbocycles. The van der Waals surface area contributed by atoms with Crippen LogP contribution in [0.15, 0.2) is 30.3 Å². The highest BCUT2D eigenvalue weighted by Crippen LogP contribution is 2.30. The Morgan fingerprint density at radius 1 is 1.33 bits per heavy atom. The van der Waals surface area contributed by atoms with Gasteiger partial charge >= 0.3 is 0 Å². The zero-order chi connectivity index (χ0) is 15.2. The van der Waals surface area contributed by atoms with Crippen LogP contribution in [-0.2, 0) is 6.54 Å². The third-order valence-corrected chi connectivity index (χ3v) is 4.32. The van der Waals surface area contributed by atoms with Gasteiger partial charge in [0.1, 0.15) is 0 Å². The molecule has 0 spiro atoms. The number of nitrogens with zero attached hydrogens (tertiary/aromatic N) is 2. The number of aliphatic hydroxyl groups is 1. The second-order valence-electron chi connectivity index (χ2n) is 4.85. The van der Waals surface area contributed by atoms with E-state index in [0.717, 1.165) is 15.6 Å². The maximum absolute atomic E-state index is 9.56. The van der Waals surface area contributed by atoms with Gasteiger partial charge in [0.2, 0.25) is 5.88 Å². The third kappa shape index (κ3) is 3.93. The smallest absolute Gasteiger partial charge is 0.230 e. The molecule has 1 atom stereocenters. The van der Waals surface area contributed by atoms with E-state index >= 15 is 0 Å². The lowest BCUT2D eigenvalue weighted by Gasteiger charge is -2.16. The molecule has 0 aliphatic rings. The van der Waals surface area contributed by atoms with Crippen molar-refractivity contribution >= 4 is 16.5 Å². The van der Waals surface area contributed by atoms with Crippen LogP contribution in [0.25, 0.3) is 0 Å². The average molecular weight is 307 g/mol. The van der Waals surface area contributed by atoms with Crippen LogP contribution in [0.4, 0.5) is 5.13 Å². The van der Waals surface area contributed by atoms with Gasteiger partial charge < -0.3 is 20.1 Å². The Kier molecular flexibility index (Phi) is 5.55. The average Bonchev–Trinajstić information content (AvgIpc) is 2.92. The van der Waals surface area contributed by atoms with Crippen molar-refractivity contribution in [3.05, 3.63) is 40.8 Å². The van der Waals surface area contributed by atoms with Crippen LogP contribution < -0.4 is 15.0 Å². The molecule has 0 aliphatic carbocycles. The fourth-order valence-corrected chi connectivity index (χ4v) is 2.88. The van der Waals surface area contributed by atoms with Crippen LogP contribution in [-0.4, -0.2) is 37.9 Å². The third-order valence-electron chi connectivity index (χ3n) is 3.12. The fourth-order valence-electron chi connectivity index (χ4n) is 1.98. The molecule has 1 aromatic heterocycles. The number of aromatic nitrogens is 1. The molecule has 0 aliphatic heterocycles. The molecule has 2 aromatic rings. The molecule has 0 amide bonds. The van der Waals surface area contributed by atoms with E-state index in [1.165, 1.54) is 0 Å². The molecule has 6 heteroatoms. The van der Waals surface area contributed by atoms with E-state index in [1.807, 2.05) is 49.3 Å². The monoisotopic (exact) mass is 307 g/mol. The summed E-state index contributed by atoms with van der Waals surface area (Å²) in [5.74, 6) is 0.640. The second kappa shape index (κ2) is 7.40. The molecule has 2 rings (SSSR count). The maximum Gasteiger partial charge on any atom is 0.230 e. The predicted octanol–water partition coefficient (Wildman–Crippen LogP) is 2.04. The molecule has 5 nitrogen and oxygen atoms in total. The lowest BCUT2D eigenvalue weighted by Crippen LogP contribution is -2.23. The fraction of sp³-hybridized carbons (Fsp3) is 0.400. The minimum Gasteiger partial charge on any atom is -0.480 e. The Hall–Kier alpha value is -1.63. The largest absolute Gasteiger partial charge is 0.480 e. The molecule has 0 bridgehead atoms. The number of nitrogens with one attached hydrogen (secondary N) is 1. The summed E-state index contributed by atoms with van der Waals surface area (Å²) in [7, 11) is 5.53. The molecular weight excluding hydrogens is 286 g/mol. The molecule has 21 heavy (non-hydrogen) atoms. The standard InChI is InChI=1S/C15H21N3O2S/c1-18(2)15-17-14(20-3)13(21-15)9-16-12(10-19)11-7-5-4-6-8-11/h4-8,12,16,19H,9-10H2,1-3H3/t12-/m1/s1. The van der Waals surface area contributed by atoms with Crippen LogP contribution in [0.2, 0.25) is 0 Å². The number of hydrogen-bond donors (Lipinski definition) is 2. The van der Waals surface area contributed by atoms with E-state index in [9.17, 15) is 5.11 Å². The Balaban J connectivity index is 2.08. The number of benzene rings is 1. The Morgan fingerprint density at radius 3 is 2.62 bits per heavy atom. The van der Waals surface area contributed by atoms with Crippen molar-refractivity contribution in [3.8, 4) is 5.88 Å². The van der Waals surface area contributed by atoms with Crippen molar-refractivity contribution in [1.29, 1.82) is 0 Å². The molecule has 0 saturated heterocycles. The number of aliphatic hydroxyl groups excluding tert-OH is 1. The molecule has 1 heterocycles. The lowest BCUT2D eigenvalue weighted by atomic mass is 10.1. The Labute approximate surface area is 129 Å². The minimum atomic E-state index is -0.0965. The Morgan fingerprint density at radius 2 is 2.05 bits per heavy atom. The highest BCUT2D eigenvalue weighted by Gasteiger charge is 2.15. The molecule has 0 radical (unpaired) electrons. The summed E-state index contributed by atoms with van der Waals surface area (Å²) in [6.45, 7) is 0.653. The summed E-state index contributed by atoms with van der Waals surface area (Å²) in [5, 5.41) is 13.8. The van der Waals surface area contributed by atoms with Crippen molar-refractivity contribution in [2.24, 2.45) is 0 Å². The van der Waals surface area contributed by atoms with E-state index in [4.69, 9.17) is 4.74 Å².